The van der Waals surface area contributed by atoms with Crippen molar-refractivity contribution in [3.63, 3.8) is 0 Å². The summed E-state index contributed by atoms with van der Waals surface area (Å²) in [6, 6.07) is 8.06. The summed E-state index contributed by atoms with van der Waals surface area (Å²) >= 11 is 0. The summed E-state index contributed by atoms with van der Waals surface area (Å²) in [4.78, 5) is 18.5. The molecule has 0 bridgehead atoms. The van der Waals surface area contributed by atoms with Crippen molar-refractivity contribution in [2.75, 3.05) is 29.1 Å². The summed E-state index contributed by atoms with van der Waals surface area (Å²) in [5.74, 6) is 0.448. The predicted molar refractivity (Wildman–Crippen MR) is 119 cm³/mol. The van der Waals surface area contributed by atoms with E-state index in [0.29, 0.717) is 18.8 Å². The number of hydrogen-bond donors (Lipinski definition) is 2. The van der Waals surface area contributed by atoms with Gasteiger partial charge in [-0.2, -0.15) is 5.10 Å². The number of nitrogens with one attached hydrogen (secondary N) is 2. The number of aromatic nitrogens is 1. The molecule has 0 aliphatic carbocycles. The van der Waals surface area contributed by atoms with Crippen LogP contribution >= 0.6 is 0 Å². The molecule has 30 heavy (non-hydrogen) atoms. The Kier molecular flexibility index (Phi) is 6.66. The highest BCUT2D eigenvalue weighted by atomic mass is 19.1. The lowest BCUT2D eigenvalue weighted by Gasteiger charge is -2.34. The minimum absolute atomic E-state index is 0.00745. The normalized spacial score (nSPS) is 16.0. The van der Waals surface area contributed by atoms with Crippen molar-refractivity contribution in [3.8, 4) is 0 Å². The Balaban J connectivity index is 1.64. The van der Waals surface area contributed by atoms with E-state index in [2.05, 4.69) is 27.4 Å². The van der Waals surface area contributed by atoms with E-state index in [9.17, 15) is 9.18 Å². The quantitative estimate of drug-likeness (QED) is 0.511. The maximum Gasteiger partial charge on any atom is 0.247 e. The van der Waals surface area contributed by atoms with Crippen LogP contribution in [0.25, 0.3) is 0 Å². The summed E-state index contributed by atoms with van der Waals surface area (Å²) < 4.78 is 13.1. The van der Waals surface area contributed by atoms with Crippen LogP contribution in [0.1, 0.15) is 25.8 Å². The fraction of sp³-hybridized carbons (Fsp3) is 0.318. The minimum atomic E-state index is -0.263. The summed E-state index contributed by atoms with van der Waals surface area (Å²) in [6.07, 6.45) is 4.29. The fourth-order valence-corrected chi connectivity index (χ4v) is 3.39. The lowest BCUT2D eigenvalue weighted by atomic mass is 10.1. The van der Waals surface area contributed by atoms with Gasteiger partial charge in [0.05, 0.1) is 24.1 Å². The van der Waals surface area contributed by atoms with Crippen molar-refractivity contribution in [2.45, 2.75) is 32.9 Å². The van der Waals surface area contributed by atoms with E-state index in [0.717, 1.165) is 29.1 Å². The molecule has 158 valence electrons. The summed E-state index contributed by atoms with van der Waals surface area (Å²) in [5, 5.41) is 11.9. The number of fused-ring (bicyclic) bond motifs is 1. The molecule has 0 fully saturated rings. The zero-order valence-electron chi connectivity index (χ0n) is 17.5. The van der Waals surface area contributed by atoms with Crippen molar-refractivity contribution in [1.29, 1.82) is 0 Å². The number of hydrogen-bond acceptors (Lipinski definition) is 6. The average molecular weight is 410 g/mol. The molecule has 0 radical (unpaired) electrons. The molecule has 2 aromatic rings. The van der Waals surface area contributed by atoms with Gasteiger partial charge < -0.3 is 15.5 Å². The van der Waals surface area contributed by atoms with E-state index in [1.807, 2.05) is 38.1 Å². The minimum Gasteiger partial charge on any atom is -0.366 e. The maximum atomic E-state index is 13.1. The van der Waals surface area contributed by atoms with Gasteiger partial charge in [-0.15, -0.1) is 0 Å². The SMILES string of the molecule is C=NN(/C=C(\C)CNc1cc2c(cn1)NC(=O)C(CC)N2C)Cc1ccc(F)cc1. The van der Waals surface area contributed by atoms with Gasteiger partial charge in [-0.05, 0) is 36.6 Å². The van der Waals surface area contributed by atoms with Gasteiger partial charge in [0.15, 0.2) is 0 Å². The lowest BCUT2D eigenvalue weighted by Crippen LogP contribution is -2.45. The molecule has 0 saturated heterocycles. The average Bonchev–Trinajstić information content (AvgIpc) is 2.74. The van der Waals surface area contributed by atoms with Gasteiger partial charge in [0, 0.05) is 32.6 Å². The molecule has 2 N–H and O–H groups in total. The highest BCUT2D eigenvalue weighted by molar-refractivity contribution is 6.03. The van der Waals surface area contributed by atoms with Crippen LogP contribution in [0, 0.1) is 5.82 Å². The maximum absolute atomic E-state index is 13.1. The highest BCUT2D eigenvalue weighted by Gasteiger charge is 2.29. The molecule has 7 nitrogen and oxygen atoms in total. The van der Waals surface area contributed by atoms with Gasteiger partial charge in [-0.25, -0.2) is 9.37 Å². The Morgan fingerprint density at radius 3 is 2.83 bits per heavy atom. The van der Waals surface area contributed by atoms with Crippen LogP contribution in [-0.4, -0.2) is 42.3 Å². The van der Waals surface area contributed by atoms with Crippen LogP contribution in [0.15, 0.2) is 53.4 Å². The monoisotopic (exact) mass is 410 g/mol. The van der Waals surface area contributed by atoms with Gasteiger partial charge in [0.1, 0.15) is 17.7 Å². The smallest absolute Gasteiger partial charge is 0.247 e. The van der Waals surface area contributed by atoms with Gasteiger partial charge in [0.25, 0.3) is 0 Å². The van der Waals surface area contributed by atoms with Crippen molar-refractivity contribution in [3.05, 3.63) is 59.7 Å². The molecule has 1 aromatic carbocycles. The number of rotatable bonds is 8. The van der Waals surface area contributed by atoms with Crippen molar-refractivity contribution >= 4 is 29.8 Å². The Hall–Kier alpha value is -3.42. The number of halogens is 1. The van der Waals surface area contributed by atoms with E-state index < -0.39 is 0 Å². The van der Waals surface area contributed by atoms with Crippen LogP contribution in [0.3, 0.4) is 0 Å². The number of benzene rings is 1. The number of nitrogens with zero attached hydrogens (tertiary/aromatic N) is 4. The molecule has 2 heterocycles. The zero-order chi connectivity index (χ0) is 21.7. The van der Waals surface area contributed by atoms with E-state index in [4.69, 9.17) is 0 Å². The first-order valence-electron chi connectivity index (χ1n) is 9.84. The van der Waals surface area contributed by atoms with Gasteiger partial charge in [-0.1, -0.05) is 19.1 Å². The first kappa shape index (κ1) is 21.3. The van der Waals surface area contributed by atoms with E-state index in [1.165, 1.54) is 12.1 Å². The third kappa shape index (κ3) is 4.94. The molecule has 1 aliphatic rings. The summed E-state index contributed by atoms with van der Waals surface area (Å²) in [6.45, 7) is 8.65. The molecule has 0 spiro atoms. The standard InChI is InChI=1S/C22H27FN6O/c1-5-19-22(30)27-18-12-26-21(10-20(18)28(19)4)25-11-15(2)13-29(24-3)14-16-6-8-17(23)9-7-16/h6-10,12-13,19H,3,5,11,14H2,1-2,4H3,(H,25,26)(H,27,30)/b15-13+. The number of carbonyl (C=O) groups excluding carboxylic acids is 1. The molecule has 1 amide bonds. The number of pyridine rings is 1. The molecule has 1 atom stereocenters. The highest BCUT2D eigenvalue weighted by Crippen LogP contribution is 2.32. The third-order valence-electron chi connectivity index (χ3n) is 5.03. The van der Waals surface area contributed by atoms with Crippen LogP contribution < -0.4 is 15.5 Å². The second kappa shape index (κ2) is 9.39. The molecule has 3 rings (SSSR count). The number of hydrazone groups is 1. The predicted octanol–water partition coefficient (Wildman–Crippen LogP) is 3.82. The van der Waals surface area contributed by atoms with Gasteiger partial charge in [-0.3, -0.25) is 9.80 Å². The molecule has 1 aromatic heterocycles. The van der Waals surface area contributed by atoms with Crippen LogP contribution in [-0.2, 0) is 11.3 Å². The molecule has 0 saturated carbocycles. The Morgan fingerprint density at radius 2 is 2.17 bits per heavy atom. The van der Waals surface area contributed by atoms with Crippen LogP contribution in [0.4, 0.5) is 21.6 Å². The number of likely N-dealkylation sites (N-methyl/N-ethyl adjacent to an activating group) is 1. The van der Waals surface area contributed by atoms with Crippen LogP contribution in [0.2, 0.25) is 0 Å². The van der Waals surface area contributed by atoms with E-state index in [1.54, 1.807) is 23.3 Å². The molecular weight excluding hydrogens is 383 g/mol. The molecule has 1 unspecified atom stereocenters. The zero-order valence-corrected chi connectivity index (χ0v) is 17.5. The Bertz CT molecular complexity index is 943. The van der Waals surface area contributed by atoms with E-state index in [-0.39, 0.29) is 17.8 Å². The van der Waals surface area contributed by atoms with Gasteiger partial charge in [0.2, 0.25) is 5.91 Å². The van der Waals surface area contributed by atoms with Crippen LogP contribution in [0.5, 0.6) is 0 Å². The second-order valence-corrected chi connectivity index (χ2v) is 7.31. The number of anilines is 3. The Morgan fingerprint density at radius 1 is 1.43 bits per heavy atom. The van der Waals surface area contributed by atoms with Crippen molar-refractivity contribution < 1.29 is 9.18 Å². The summed E-state index contributed by atoms with van der Waals surface area (Å²) in [5.41, 5.74) is 3.61. The van der Waals surface area contributed by atoms with Gasteiger partial charge >= 0.3 is 0 Å². The number of carbonyl (C=O) groups is 1. The molecule has 8 heteroatoms. The lowest BCUT2D eigenvalue weighted by molar-refractivity contribution is -0.117. The first-order valence-corrected chi connectivity index (χ1v) is 9.84. The largest absolute Gasteiger partial charge is 0.366 e. The molecule has 1 aliphatic heterocycles. The Labute approximate surface area is 176 Å². The number of amides is 1. The fourth-order valence-electron chi connectivity index (χ4n) is 3.39. The van der Waals surface area contributed by atoms with E-state index >= 15 is 0 Å². The molecular formula is C22H27FN6O. The summed E-state index contributed by atoms with van der Waals surface area (Å²) in [7, 11) is 1.92. The third-order valence-corrected chi connectivity index (χ3v) is 5.03. The topological polar surface area (TPSA) is 72.9 Å². The van der Waals surface area contributed by atoms with Crippen molar-refractivity contribution in [1.82, 2.24) is 9.99 Å². The second-order valence-electron chi connectivity index (χ2n) is 7.31. The first-order chi connectivity index (χ1) is 14.4. The van der Waals surface area contributed by atoms with Crippen molar-refractivity contribution in [2.24, 2.45) is 5.10 Å².